The first-order valence-corrected chi connectivity index (χ1v) is 8.34. The lowest BCUT2D eigenvalue weighted by Gasteiger charge is -2.26. The Kier molecular flexibility index (Phi) is 3.31. The summed E-state index contributed by atoms with van der Waals surface area (Å²) < 4.78 is 0.858. The van der Waals surface area contributed by atoms with Gasteiger partial charge in [0.05, 0.1) is 11.6 Å². The summed E-state index contributed by atoms with van der Waals surface area (Å²) in [6.45, 7) is 0. The van der Waals surface area contributed by atoms with Crippen LogP contribution in [0.1, 0.15) is 12.0 Å². The van der Waals surface area contributed by atoms with Crippen molar-refractivity contribution in [2.75, 3.05) is 4.90 Å². The number of anilines is 1. The summed E-state index contributed by atoms with van der Waals surface area (Å²) in [6.07, 6.45) is 0.0203. The molecule has 0 spiro atoms. The fraction of sp³-hybridized carbons (Fsp3) is 0.167. The lowest BCUT2D eigenvalue weighted by Crippen LogP contribution is -2.49. The van der Waals surface area contributed by atoms with Crippen molar-refractivity contribution in [3.05, 3.63) is 64.6 Å². The summed E-state index contributed by atoms with van der Waals surface area (Å²) in [7, 11) is 0. The number of hydrogen-bond acceptors (Lipinski definition) is 3. The van der Waals surface area contributed by atoms with Crippen molar-refractivity contribution in [1.82, 2.24) is 5.32 Å². The predicted octanol–water partition coefficient (Wildman–Crippen LogP) is 2.35. The topological polar surface area (TPSA) is 66.5 Å². The number of imide groups is 1. The first kappa shape index (κ1) is 15.1. The van der Waals surface area contributed by atoms with Crippen LogP contribution in [0.3, 0.4) is 0 Å². The van der Waals surface area contributed by atoms with Gasteiger partial charge in [0.1, 0.15) is 0 Å². The minimum absolute atomic E-state index is 0.0203. The van der Waals surface area contributed by atoms with Crippen LogP contribution in [0.15, 0.2) is 59.1 Å². The first-order valence-electron chi connectivity index (χ1n) is 7.54. The molecule has 0 aliphatic carbocycles. The minimum atomic E-state index is -1.30. The highest BCUT2D eigenvalue weighted by Gasteiger charge is 2.65. The molecule has 3 amide bonds. The molecule has 4 rings (SSSR count). The second-order valence-electron chi connectivity index (χ2n) is 5.93. The number of carbonyl (C=O) groups is 3. The summed E-state index contributed by atoms with van der Waals surface area (Å²) in [6, 6.07) is 15.9. The third-order valence-electron chi connectivity index (χ3n) is 4.62. The van der Waals surface area contributed by atoms with E-state index in [0.29, 0.717) is 11.3 Å². The van der Waals surface area contributed by atoms with E-state index in [2.05, 4.69) is 21.2 Å². The molecular weight excluding hydrogens is 372 g/mol. The van der Waals surface area contributed by atoms with Gasteiger partial charge in [0.15, 0.2) is 5.54 Å². The van der Waals surface area contributed by atoms with Crippen molar-refractivity contribution < 1.29 is 14.4 Å². The summed E-state index contributed by atoms with van der Waals surface area (Å²) in [5.41, 5.74) is -0.159. The maximum Gasteiger partial charge on any atom is 0.265 e. The first-order chi connectivity index (χ1) is 11.5. The lowest BCUT2D eigenvalue weighted by atomic mass is 9.81. The van der Waals surface area contributed by atoms with E-state index in [4.69, 9.17) is 0 Å². The second-order valence-corrected chi connectivity index (χ2v) is 6.85. The summed E-state index contributed by atoms with van der Waals surface area (Å²) in [5.74, 6) is -1.74. The SMILES string of the molecule is O=C1C[C@H]2C(=O)N(c3ccc(Br)cc3)C(=O)[C@@]2(c2ccccc2)N1. The van der Waals surface area contributed by atoms with E-state index in [0.717, 1.165) is 4.47 Å². The standard InChI is InChI=1S/C18H13BrN2O3/c19-12-6-8-13(9-7-12)21-16(23)14-10-15(22)20-18(14,17(21)24)11-4-2-1-3-5-11/h1-9,14H,10H2,(H,20,22)/t14-,18-/m0/s1. The summed E-state index contributed by atoms with van der Waals surface area (Å²) in [5, 5.41) is 2.78. The number of fused-ring (bicyclic) bond motifs is 1. The number of rotatable bonds is 2. The molecule has 2 fully saturated rings. The molecule has 6 heteroatoms. The number of carbonyl (C=O) groups excluding carboxylic acids is 3. The highest BCUT2D eigenvalue weighted by Crippen LogP contribution is 2.46. The Balaban J connectivity index is 1.86. The molecule has 0 saturated carbocycles. The van der Waals surface area contributed by atoms with Crippen LogP contribution in [0.4, 0.5) is 5.69 Å². The number of nitrogens with zero attached hydrogens (tertiary/aromatic N) is 1. The molecule has 2 aliphatic heterocycles. The molecule has 0 bridgehead atoms. The van der Waals surface area contributed by atoms with Crippen LogP contribution in [0.2, 0.25) is 0 Å². The molecule has 120 valence electrons. The molecular formula is C18H13BrN2O3. The number of benzene rings is 2. The lowest BCUT2D eigenvalue weighted by molar-refractivity contribution is -0.128. The Labute approximate surface area is 146 Å². The van der Waals surface area contributed by atoms with Crippen LogP contribution >= 0.6 is 15.9 Å². The second kappa shape index (κ2) is 5.27. The molecule has 2 atom stereocenters. The van der Waals surface area contributed by atoms with E-state index < -0.39 is 17.4 Å². The van der Waals surface area contributed by atoms with E-state index in [1.165, 1.54) is 4.90 Å². The van der Waals surface area contributed by atoms with Crippen molar-refractivity contribution >= 4 is 39.3 Å². The summed E-state index contributed by atoms with van der Waals surface area (Å²) in [4.78, 5) is 39.3. The molecule has 2 aliphatic rings. The van der Waals surface area contributed by atoms with Crippen molar-refractivity contribution in [3.63, 3.8) is 0 Å². The molecule has 24 heavy (non-hydrogen) atoms. The molecule has 0 unspecified atom stereocenters. The van der Waals surface area contributed by atoms with E-state index in [9.17, 15) is 14.4 Å². The largest absolute Gasteiger partial charge is 0.337 e. The zero-order chi connectivity index (χ0) is 16.9. The maximum absolute atomic E-state index is 13.2. The average molecular weight is 385 g/mol. The molecule has 1 N–H and O–H groups in total. The van der Waals surface area contributed by atoms with Gasteiger partial charge in [-0.25, -0.2) is 4.90 Å². The van der Waals surface area contributed by atoms with Gasteiger partial charge >= 0.3 is 0 Å². The molecule has 0 radical (unpaired) electrons. The highest BCUT2D eigenvalue weighted by molar-refractivity contribution is 9.10. The molecule has 5 nitrogen and oxygen atoms in total. The summed E-state index contributed by atoms with van der Waals surface area (Å²) >= 11 is 3.34. The zero-order valence-electron chi connectivity index (χ0n) is 12.5. The molecule has 2 heterocycles. The maximum atomic E-state index is 13.2. The number of halogens is 1. The minimum Gasteiger partial charge on any atom is -0.337 e. The smallest absolute Gasteiger partial charge is 0.265 e. The average Bonchev–Trinajstić information content (AvgIpc) is 3.04. The van der Waals surface area contributed by atoms with Crippen LogP contribution in [-0.2, 0) is 19.9 Å². The van der Waals surface area contributed by atoms with Gasteiger partial charge in [-0.1, -0.05) is 46.3 Å². The Morgan fingerprint density at radius 3 is 2.33 bits per heavy atom. The zero-order valence-corrected chi connectivity index (χ0v) is 14.1. The van der Waals surface area contributed by atoms with Crippen LogP contribution in [0.5, 0.6) is 0 Å². The van der Waals surface area contributed by atoms with Gasteiger partial charge in [0.25, 0.3) is 5.91 Å². The number of hydrogen-bond donors (Lipinski definition) is 1. The van der Waals surface area contributed by atoms with Gasteiger partial charge in [-0.3, -0.25) is 14.4 Å². The van der Waals surface area contributed by atoms with E-state index in [1.807, 2.05) is 6.07 Å². The third-order valence-corrected chi connectivity index (χ3v) is 5.15. The van der Waals surface area contributed by atoms with E-state index >= 15 is 0 Å². The van der Waals surface area contributed by atoms with Gasteiger partial charge in [-0.05, 0) is 29.8 Å². The van der Waals surface area contributed by atoms with Crippen LogP contribution in [-0.4, -0.2) is 17.7 Å². The fourth-order valence-corrected chi connectivity index (χ4v) is 3.80. The van der Waals surface area contributed by atoms with Gasteiger partial charge in [0.2, 0.25) is 11.8 Å². The van der Waals surface area contributed by atoms with Gasteiger partial charge < -0.3 is 5.32 Å². The highest BCUT2D eigenvalue weighted by atomic mass is 79.9. The van der Waals surface area contributed by atoms with Crippen molar-refractivity contribution in [2.24, 2.45) is 5.92 Å². The molecule has 2 aromatic carbocycles. The van der Waals surface area contributed by atoms with Crippen LogP contribution < -0.4 is 10.2 Å². The van der Waals surface area contributed by atoms with Crippen molar-refractivity contribution in [3.8, 4) is 0 Å². The quantitative estimate of drug-likeness (QED) is 0.808. The predicted molar refractivity (Wildman–Crippen MR) is 91.0 cm³/mol. The van der Waals surface area contributed by atoms with E-state index in [-0.39, 0.29) is 18.2 Å². The van der Waals surface area contributed by atoms with Crippen molar-refractivity contribution in [1.29, 1.82) is 0 Å². The molecule has 2 aromatic rings. The number of nitrogens with one attached hydrogen (secondary N) is 1. The van der Waals surface area contributed by atoms with Gasteiger partial charge in [-0.2, -0.15) is 0 Å². The van der Waals surface area contributed by atoms with Gasteiger partial charge in [-0.15, -0.1) is 0 Å². The fourth-order valence-electron chi connectivity index (χ4n) is 3.54. The molecule has 2 saturated heterocycles. The third kappa shape index (κ3) is 1.96. The molecule has 0 aromatic heterocycles. The van der Waals surface area contributed by atoms with Crippen LogP contribution in [0.25, 0.3) is 0 Å². The Hall–Kier alpha value is -2.47. The Morgan fingerprint density at radius 1 is 1.00 bits per heavy atom. The van der Waals surface area contributed by atoms with E-state index in [1.54, 1.807) is 48.5 Å². The van der Waals surface area contributed by atoms with Crippen LogP contribution in [0, 0.1) is 5.92 Å². The van der Waals surface area contributed by atoms with Crippen molar-refractivity contribution in [2.45, 2.75) is 12.0 Å². The Morgan fingerprint density at radius 2 is 1.67 bits per heavy atom. The normalized spacial score (nSPS) is 25.8. The monoisotopic (exact) mass is 384 g/mol. The Bertz CT molecular complexity index is 850. The number of amides is 3. The van der Waals surface area contributed by atoms with Gasteiger partial charge in [0, 0.05) is 10.9 Å².